The first-order chi connectivity index (χ1) is 11.0. The van der Waals surface area contributed by atoms with Crippen molar-refractivity contribution in [3.05, 3.63) is 59.9 Å². The van der Waals surface area contributed by atoms with Crippen molar-refractivity contribution in [1.29, 1.82) is 0 Å². The average molecular weight is 311 g/mol. The highest BCUT2D eigenvalue weighted by atomic mass is 19.1. The molecular weight excluding hydrogens is 298 g/mol. The fourth-order valence-electron chi connectivity index (χ4n) is 2.93. The summed E-state index contributed by atoms with van der Waals surface area (Å²) in [5.41, 5.74) is 3.42. The van der Waals surface area contributed by atoms with E-state index in [1.165, 1.54) is 0 Å². The zero-order valence-corrected chi connectivity index (χ0v) is 12.6. The first kappa shape index (κ1) is 13.8. The Morgan fingerprint density at radius 1 is 1.13 bits per heavy atom. The van der Waals surface area contributed by atoms with Crippen LogP contribution in [0.3, 0.4) is 0 Å². The SMILES string of the molecule is Cc1cc2oc3nc(F)cc(F)c3c2cc1-c1cccc[n+]1C. The molecule has 1 aromatic carbocycles. The number of hydrogen-bond donors (Lipinski definition) is 0. The van der Waals surface area contributed by atoms with E-state index >= 15 is 0 Å². The molecule has 0 bridgehead atoms. The van der Waals surface area contributed by atoms with Crippen molar-refractivity contribution in [2.75, 3.05) is 0 Å². The molecule has 0 radical (unpaired) electrons. The molecule has 0 fully saturated rings. The summed E-state index contributed by atoms with van der Waals surface area (Å²) in [5, 5.41) is 0.802. The molecular formula is C18H13F2N2O+. The van der Waals surface area contributed by atoms with Crippen LogP contribution in [0.2, 0.25) is 0 Å². The van der Waals surface area contributed by atoms with Gasteiger partial charge in [0.05, 0.1) is 5.39 Å². The Hall–Kier alpha value is -2.82. The summed E-state index contributed by atoms with van der Waals surface area (Å²) in [5.74, 6) is -1.56. The van der Waals surface area contributed by atoms with Crippen LogP contribution in [0.4, 0.5) is 8.78 Å². The van der Waals surface area contributed by atoms with Crippen molar-refractivity contribution in [1.82, 2.24) is 4.98 Å². The molecule has 0 aliphatic heterocycles. The zero-order valence-electron chi connectivity index (χ0n) is 12.6. The standard InChI is InChI=1S/C18H13F2N2O/c1-10-7-15-12(8-11(10)14-5-3-4-6-22(14)2)17-13(19)9-16(20)21-18(17)23-15/h3-9H,1-2H3/q+1. The minimum absolute atomic E-state index is 0.0218. The Morgan fingerprint density at radius 3 is 2.74 bits per heavy atom. The Kier molecular flexibility index (Phi) is 2.91. The Labute approximate surface area is 130 Å². The van der Waals surface area contributed by atoms with E-state index in [0.29, 0.717) is 11.0 Å². The van der Waals surface area contributed by atoms with Crippen LogP contribution >= 0.6 is 0 Å². The van der Waals surface area contributed by atoms with Gasteiger partial charge in [-0.15, -0.1) is 0 Å². The van der Waals surface area contributed by atoms with Gasteiger partial charge in [-0.1, -0.05) is 0 Å². The molecule has 0 unspecified atom stereocenters. The molecule has 0 aliphatic carbocycles. The molecule has 23 heavy (non-hydrogen) atoms. The van der Waals surface area contributed by atoms with Gasteiger partial charge in [-0.05, 0) is 30.7 Å². The quantitative estimate of drug-likeness (QED) is 0.392. The van der Waals surface area contributed by atoms with Gasteiger partial charge in [-0.2, -0.15) is 9.37 Å². The minimum atomic E-state index is -0.888. The van der Waals surface area contributed by atoms with Gasteiger partial charge < -0.3 is 4.42 Å². The molecule has 4 rings (SSSR count). The third-order valence-electron chi connectivity index (χ3n) is 4.04. The molecule has 0 N–H and O–H groups in total. The van der Waals surface area contributed by atoms with Gasteiger partial charge in [0, 0.05) is 29.1 Å². The number of furan rings is 1. The molecule has 3 nitrogen and oxygen atoms in total. The van der Waals surface area contributed by atoms with E-state index in [1.807, 2.05) is 55.1 Å². The first-order valence-electron chi connectivity index (χ1n) is 7.18. The largest absolute Gasteiger partial charge is 0.437 e. The van der Waals surface area contributed by atoms with E-state index in [-0.39, 0.29) is 11.1 Å². The maximum atomic E-state index is 14.2. The van der Waals surface area contributed by atoms with Crippen LogP contribution in [-0.4, -0.2) is 4.98 Å². The number of rotatable bonds is 1. The van der Waals surface area contributed by atoms with E-state index in [0.717, 1.165) is 22.9 Å². The van der Waals surface area contributed by atoms with Gasteiger partial charge in [-0.25, -0.2) is 8.96 Å². The Bertz CT molecular complexity index is 1070. The van der Waals surface area contributed by atoms with Crippen molar-refractivity contribution in [3.8, 4) is 11.3 Å². The normalized spacial score (nSPS) is 11.5. The van der Waals surface area contributed by atoms with Gasteiger partial charge in [0.2, 0.25) is 17.4 Å². The van der Waals surface area contributed by atoms with Crippen LogP contribution < -0.4 is 4.57 Å². The lowest BCUT2D eigenvalue weighted by Crippen LogP contribution is -2.30. The summed E-state index contributed by atoms with van der Waals surface area (Å²) in [4.78, 5) is 3.64. The monoisotopic (exact) mass is 311 g/mol. The molecule has 0 spiro atoms. The predicted molar refractivity (Wildman–Crippen MR) is 82.8 cm³/mol. The number of pyridine rings is 2. The van der Waals surface area contributed by atoms with Crippen LogP contribution in [0.5, 0.6) is 0 Å². The molecule has 0 aliphatic rings. The smallest absolute Gasteiger partial charge is 0.232 e. The highest BCUT2D eigenvalue weighted by Crippen LogP contribution is 2.34. The second-order valence-electron chi connectivity index (χ2n) is 5.57. The summed E-state index contributed by atoms with van der Waals surface area (Å²) in [6, 6.07) is 10.4. The van der Waals surface area contributed by atoms with Crippen molar-refractivity contribution in [3.63, 3.8) is 0 Å². The highest BCUT2D eigenvalue weighted by Gasteiger charge is 2.19. The van der Waals surface area contributed by atoms with Crippen molar-refractivity contribution >= 4 is 22.1 Å². The fraction of sp³-hybridized carbons (Fsp3) is 0.111. The third-order valence-corrected chi connectivity index (χ3v) is 4.04. The van der Waals surface area contributed by atoms with Crippen LogP contribution in [0, 0.1) is 18.7 Å². The molecule has 114 valence electrons. The van der Waals surface area contributed by atoms with E-state index < -0.39 is 11.8 Å². The van der Waals surface area contributed by atoms with Gasteiger partial charge in [0.15, 0.2) is 6.20 Å². The Balaban J connectivity index is 2.10. The maximum absolute atomic E-state index is 14.2. The van der Waals surface area contributed by atoms with Gasteiger partial charge in [-0.3, -0.25) is 0 Å². The topological polar surface area (TPSA) is 29.9 Å². The third kappa shape index (κ3) is 2.08. The number of aryl methyl sites for hydroxylation is 2. The Morgan fingerprint density at radius 2 is 1.96 bits per heavy atom. The van der Waals surface area contributed by atoms with E-state index in [4.69, 9.17) is 4.42 Å². The van der Waals surface area contributed by atoms with Crippen molar-refractivity contribution in [2.45, 2.75) is 6.92 Å². The van der Waals surface area contributed by atoms with E-state index in [2.05, 4.69) is 4.98 Å². The molecule has 0 atom stereocenters. The lowest BCUT2D eigenvalue weighted by molar-refractivity contribution is -0.660. The summed E-state index contributed by atoms with van der Waals surface area (Å²) < 4.78 is 35.0. The summed E-state index contributed by atoms with van der Waals surface area (Å²) in [6.45, 7) is 1.96. The molecule has 3 aromatic heterocycles. The number of hydrogen-bond acceptors (Lipinski definition) is 2. The minimum Gasteiger partial charge on any atom is -0.437 e. The van der Waals surface area contributed by atoms with Crippen LogP contribution in [0.15, 0.2) is 47.0 Å². The van der Waals surface area contributed by atoms with Crippen LogP contribution in [0.25, 0.3) is 33.3 Å². The highest BCUT2D eigenvalue weighted by molar-refractivity contribution is 6.05. The van der Waals surface area contributed by atoms with Crippen molar-refractivity contribution < 1.29 is 17.8 Å². The lowest BCUT2D eigenvalue weighted by atomic mass is 10.0. The number of benzene rings is 1. The number of halogens is 2. The van der Waals surface area contributed by atoms with Gasteiger partial charge >= 0.3 is 0 Å². The van der Waals surface area contributed by atoms with Crippen molar-refractivity contribution in [2.24, 2.45) is 7.05 Å². The summed E-state index contributed by atoms with van der Waals surface area (Å²) in [6.07, 6.45) is 1.95. The molecule has 4 aromatic rings. The summed E-state index contributed by atoms with van der Waals surface area (Å²) in [7, 11) is 1.95. The van der Waals surface area contributed by atoms with Crippen LogP contribution in [-0.2, 0) is 7.05 Å². The van der Waals surface area contributed by atoms with Gasteiger partial charge in [0.25, 0.3) is 0 Å². The van der Waals surface area contributed by atoms with Crippen LogP contribution in [0.1, 0.15) is 5.56 Å². The predicted octanol–water partition coefficient (Wildman–Crippen LogP) is 4.06. The molecule has 3 heterocycles. The first-order valence-corrected chi connectivity index (χ1v) is 7.18. The number of fused-ring (bicyclic) bond motifs is 3. The number of aromatic nitrogens is 2. The second kappa shape index (κ2) is 4.84. The summed E-state index contributed by atoms with van der Waals surface area (Å²) >= 11 is 0. The van der Waals surface area contributed by atoms with E-state index in [9.17, 15) is 8.78 Å². The maximum Gasteiger partial charge on any atom is 0.232 e. The second-order valence-corrected chi connectivity index (χ2v) is 5.57. The zero-order chi connectivity index (χ0) is 16.1. The lowest BCUT2D eigenvalue weighted by Gasteiger charge is -2.04. The van der Waals surface area contributed by atoms with E-state index in [1.54, 1.807) is 0 Å². The molecule has 0 amide bonds. The number of nitrogens with zero attached hydrogens (tertiary/aromatic N) is 2. The molecule has 0 saturated carbocycles. The fourth-order valence-corrected chi connectivity index (χ4v) is 2.93. The average Bonchev–Trinajstić information content (AvgIpc) is 2.84. The van der Waals surface area contributed by atoms with Gasteiger partial charge in [0.1, 0.15) is 18.4 Å². The molecule has 0 saturated heterocycles. The molecule has 5 heteroatoms.